The SMILES string of the molecule is O=C(c1cscn1)N1CCC(c2n[nH]c(=O)n2Cc2ccccc2)CC1. The Morgan fingerprint density at radius 3 is 2.69 bits per heavy atom. The third-order valence-electron chi connectivity index (χ3n) is 4.77. The summed E-state index contributed by atoms with van der Waals surface area (Å²) in [6.45, 7) is 1.80. The van der Waals surface area contributed by atoms with Crippen LogP contribution in [-0.4, -0.2) is 43.6 Å². The molecule has 8 heteroatoms. The van der Waals surface area contributed by atoms with Crippen LogP contribution in [0.3, 0.4) is 0 Å². The average molecular weight is 369 g/mol. The summed E-state index contributed by atoms with van der Waals surface area (Å²) in [6, 6.07) is 9.87. The maximum absolute atomic E-state index is 12.4. The minimum atomic E-state index is -0.190. The van der Waals surface area contributed by atoms with E-state index in [1.807, 2.05) is 35.2 Å². The molecule has 0 saturated carbocycles. The maximum Gasteiger partial charge on any atom is 0.343 e. The van der Waals surface area contributed by atoms with E-state index in [-0.39, 0.29) is 17.5 Å². The zero-order valence-electron chi connectivity index (χ0n) is 14.2. The molecule has 7 nitrogen and oxygen atoms in total. The zero-order chi connectivity index (χ0) is 17.9. The minimum absolute atomic E-state index is 0.0200. The summed E-state index contributed by atoms with van der Waals surface area (Å²) in [7, 11) is 0. The van der Waals surface area contributed by atoms with Crippen molar-refractivity contribution in [3.8, 4) is 0 Å². The van der Waals surface area contributed by atoms with Gasteiger partial charge in [0, 0.05) is 24.4 Å². The molecule has 2 aromatic heterocycles. The first-order valence-electron chi connectivity index (χ1n) is 8.59. The van der Waals surface area contributed by atoms with Gasteiger partial charge >= 0.3 is 5.69 Å². The lowest BCUT2D eigenvalue weighted by molar-refractivity contribution is 0.0705. The van der Waals surface area contributed by atoms with Gasteiger partial charge in [0.15, 0.2) is 0 Å². The molecule has 0 radical (unpaired) electrons. The molecule has 0 unspecified atom stereocenters. The summed E-state index contributed by atoms with van der Waals surface area (Å²) in [6.07, 6.45) is 1.57. The second-order valence-corrected chi connectivity index (χ2v) is 7.12. The van der Waals surface area contributed by atoms with Gasteiger partial charge in [-0.3, -0.25) is 9.36 Å². The van der Waals surface area contributed by atoms with E-state index >= 15 is 0 Å². The minimum Gasteiger partial charge on any atom is -0.337 e. The normalized spacial score (nSPS) is 15.3. The van der Waals surface area contributed by atoms with Gasteiger partial charge in [0.2, 0.25) is 0 Å². The lowest BCUT2D eigenvalue weighted by Crippen LogP contribution is -2.38. The Bertz CT molecular complexity index is 924. The number of amides is 1. The summed E-state index contributed by atoms with van der Waals surface area (Å²) >= 11 is 1.42. The highest BCUT2D eigenvalue weighted by Gasteiger charge is 2.28. The van der Waals surface area contributed by atoms with Crippen molar-refractivity contribution in [1.82, 2.24) is 24.6 Å². The Balaban J connectivity index is 1.47. The van der Waals surface area contributed by atoms with Gasteiger partial charge in [-0.05, 0) is 18.4 Å². The molecule has 1 aliphatic rings. The highest BCUT2D eigenvalue weighted by atomic mass is 32.1. The number of aromatic amines is 1. The third kappa shape index (κ3) is 3.32. The van der Waals surface area contributed by atoms with Crippen LogP contribution in [0.15, 0.2) is 46.0 Å². The molecule has 134 valence electrons. The van der Waals surface area contributed by atoms with Crippen LogP contribution in [-0.2, 0) is 6.54 Å². The van der Waals surface area contributed by atoms with Crippen molar-refractivity contribution in [3.05, 3.63) is 68.8 Å². The van der Waals surface area contributed by atoms with Crippen molar-refractivity contribution in [3.63, 3.8) is 0 Å². The van der Waals surface area contributed by atoms with Gasteiger partial charge in [-0.1, -0.05) is 30.3 Å². The molecule has 1 amide bonds. The average Bonchev–Trinajstić information content (AvgIpc) is 3.33. The number of carbonyl (C=O) groups excluding carboxylic acids is 1. The first-order valence-corrected chi connectivity index (χ1v) is 9.53. The molecule has 0 aliphatic carbocycles. The molecule has 4 rings (SSSR count). The Kier molecular flexibility index (Phi) is 4.66. The number of aromatic nitrogens is 4. The Hall–Kier alpha value is -2.74. The molecule has 1 saturated heterocycles. The van der Waals surface area contributed by atoms with Gasteiger partial charge < -0.3 is 4.90 Å². The molecule has 1 fully saturated rings. The van der Waals surface area contributed by atoms with E-state index in [2.05, 4.69) is 15.2 Å². The summed E-state index contributed by atoms with van der Waals surface area (Å²) in [4.78, 5) is 30.5. The number of hydrogen-bond acceptors (Lipinski definition) is 5. The molecule has 0 bridgehead atoms. The number of rotatable bonds is 4. The van der Waals surface area contributed by atoms with Gasteiger partial charge in [0.05, 0.1) is 12.1 Å². The number of nitrogens with zero attached hydrogens (tertiary/aromatic N) is 4. The van der Waals surface area contributed by atoms with Crippen molar-refractivity contribution < 1.29 is 4.79 Å². The highest BCUT2D eigenvalue weighted by molar-refractivity contribution is 7.07. The van der Waals surface area contributed by atoms with E-state index in [0.717, 1.165) is 24.2 Å². The number of benzene rings is 1. The molecule has 0 spiro atoms. The quantitative estimate of drug-likeness (QED) is 0.763. The molecular weight excluding hydrogens is 350 g/mol. The van der Waals surface area contributed by atoms with E-state index in [4.69, 9.17) is 0 Å². The molecule has 1 N–H and O–H groups in total. The van der Waals surface area contributed by atoms with Gasteiger partial charge in [0.1, 0.15) is 11.5 Å². The lowest BCUT2D eigenvalue weighted by atomic mass is 9.95. The number of thiazole rings is 1. The van der Waals surface area contributed by atoms with Crippen LogP contribution in [0.1, 0.15) is 40.6 Å². The second-order valence-electron chi connectivity index (χ2n) is 6.40. The van der Waals surface area contributed by atoms with E-state index < -0.39 is 0 Å². The Labute approximate surface area is 154 Å². The number of nitrogens with one attached hydrogen (secondary N) is 1. The summed E-state index contributed by atoms with van der Waals surface area (Å²) in [5.41, 5.74) is 3.05. The van der Waals surface area contributed by atoms with Crippen LogP contribution >= 0.6 is 11.3 Å². The molecule has 26 heavy (non-hydrogen) atoms. The third-order valence-corrected chi connectivity index (χ3v) is 5.36. The van der Waals surface area contributed by atoms with Gasteiger partial charge in [-0.2, -0.15) is 5.10 Å². The fourth-order valence-electron chi connectivity index (χ4n) is 3.38. The van der Waals surface area contributed by atoms with Crippen LogP contribution in [0.5, 0.6) is 0 Å². The largest absolute Gasteiger partial charge is 0.343 e. The molecule has 1 aliphatic heterocycles. The number of piperidine rings is 1. The van der Waals surface area contributed by atoms with Crippen LogP contribution in [0, 0.1) is 0 Å². The van der Waals surface area contributed by atoms with Crippen LogP contribution < -0.4 is 5.69 Å². The zero-order valence-corrected chi connectivity index (χ0v) is 15.0. The van der Waals surface area contributed by atoms with Crippen molar-refractivity contribution in [1.29, 1.82) is 0 Å². The molecule has 1 aromatic carbocycles. The Morgan fingerprint density at radius 1 is 1.23 bits per heavy atom. The molecule has 3 heterocycles. The standard InChI is InChI=1S/C18H19N5O2S/c24-17(15-11-26-12-19-15)22-8-6-14(7-9-22)16-20-21-18(25)23(16)10-13-4-2-1-3-5-13/h1-5,11-12,14H,6-10H2,(H,21,25). The monoisotopic (exact) mass is 369 g/mol. The van der Waals surface area contributed by atoms with Crippen LogP contribution in [0.4, 0.5) is 0 Å². The smallest absolute Gasteiger partial charge is 0.337 e. The summed E-state index contributed by atoms with van der Waals surface area (Å²) in [5, 5.41) is 8.62. The first kappa shape index (κ1) is 16.7. The number of hydrogen-bond donors (Lipinski definition) is 1. The maximum atomic E-state index is 12.4. The second kappa shape index (κ2) is 7.25. The molecule has 0 atom stereocenters. The Morgan fingerprint density at radius 2 is 2.00 bits per heavy atom. The summed E-state index contributed by atoms with van der Waals surface area (Å²) in [5.74, 6) is 0.921. The van der Waals surface area contributed by atoms with Gasteiger partial charge in [0.25, 0.3) is 5.91 Å². The van der Waals surface area contributed by atoms with E-state index in [1.54, 1.807) is 15.5 Å². The van der Waals surface area contributed by atoms with Crippen LogP contribution in [0.25, 0.3) is 0 Å². The summed E-state index contributed by atoms with van der Waals surface area (Å²) < 4.78 is 1.71. The number of H-pyrrole nitrogens is 1. The predicted octanol–water partition coefficient (Wildman–Crippen LogP) is 2.10. The highest BCUT2D eigenvalue weighted by Crippen LogP contribution is 2.27. The topological polar surface area (TPSA) is 83.9 Å². The van der Waals surface area contributed by atoms with Crippen molar-refractivity contribution in [2.45, 2.75) is 25.3 Å². The predicted molar refractivity (Wildman–Crippen MR) is 98.4 cm³/mol. The number of carbonyl (C=O) groups is 1. The first-order chi connectivity index (χ1) is 12.7. The van der Waals surface area contributed by atoms with Crippen molar-refractivity contribution in [2.75, 3.05) is 13.1 Å². The van der Waals surface area contributed by atoms with Crippen LogP contribution in [0.2, 0.25) is 0 Å². The van der Waals surface area contributed by atoms with Crippen molar-refractivity contribution >= 4 is 17.2 Å². The fraction of sp³-hybridized carbons (Fsp3) is 0.333. The van der Waals surface area contributed by atoms with E-state index in [0.29, 0.717) is 25.3 Å². The molecule has 3 aromatic rings. The van der Waals surface area contributed by atoms with Gasteiger partial charge in [-0.15, -0.1) is 11.3 Å². The van der Waals surface area contributed by atoms with E-state index in [1.165, 1.54) is 11.3 Å². The fourth-order valence-corrected chi connectivity index (χ4v) is 3.91. The molecular formula is C18H19N5O2S. The van der Waals surface area contributed by atoms with Gasteiger partial charge in [-0.25, -0.2) is 14.9 Å². The van der Waals surface area contributed by atoms with E-state index in [9.17, 15) is 9.59 Å². The lowest BCUT2D eigenvalue weighted by Gasteiger charge is -2.31. The van der Waals surface area contributed by atoms with Crippen molar-refractivity contribution in [2.24, 2.45) is 0 Å². The number of likely N-dealkylation sites (tertiary alicyclic amines) is 1.